The normalized spacial score (nSPS) is 16.2. The zero-order valence-corrected chi connectivity index (χ0v) is 15.2. The van der Waals surface area contributed by atoms with Gasteiger partial charge < -0.3 is 10.3 Å². The van der Waals surface area contributed by atoms with Crippen LogP contribution in [0.4, 0.5) is 4.39 Å². The predicted octanol–water partition coefficient (Wildman–Crippen LogP) is 2.88. The molecule has 1 saturated heterocycles. The van der Waals surface area contributed by atoms with Crippen LogP contribution in [-0.2, 0) is 10.0 Å². The minimum absolute atomic E-state index is 0.292. The molecular weight excluding hydrogens is 353 g/mol. The molecule has 3 aromatic rings. The highest BCUT2D eigenvalue weighted by Gasteiger charge is 2.27. The number of aromatic nitrogens is 1. The van der Waals surface area contributed by atoms with Crippen LogP contribution in [0.1, 0.15) is 5.56 Å². The first-order valence-electron chi connectivity index (χ1n) is 8.55. The number of sulfonamides is 1. The molecule has 1 fully saturated rings. The maximum absolute atomic E-state index is 13.4. The maximum Gasteiger partial charge on any atom is 0.243 e. The largest absolute Gasteiger partial charge is 0.360 e. The Balaban J connectivity index is 1.73. The molecule has 136 valence electrons. The van der Waals surface area contributed by atoms with Gasteiger partial charge in [-0.25, -0.2) is 12.8 Å². The number of aromatic amines is 1. The molecule has 0 aliphatic carbocycles. The number of H-pyrrole nitrogens is 1. The Kier molecular flexibility index (Phi) is 4.30. The third-order valence-corrected chi connectivity index (χ3v) is 6.88. The highest BCUT2D eigenvalue weighted by Crippen LogP contribution is 2.31. The zero-order valence-electron chi connectivity index (χ0n) is 14.4. The maximum atomic E-state index is 13.4. The summed E-state index contributed by atoms with van der Waals surface area (Å²) in [5, 5.41) is 4.07. The number of benzene rings is 2. The van der Waals surface area contributed by atoms with Gasteiger partial charge in [-0.3, -0.25) is 0 Å². The number of fused-ring (bicyclic) bond motifs is 1. The van der Waals surface area contributed by atoms with Crippen molar-refractivity contribution in [3.63, 3.8) is 0 Å². The van der Waals surface area contributed by atoms with E-state index in [1.807, 2.05) is 25.3 Å². The number of rotatable bonds is 3. The Morgan fingerprint density at radius 1 is 1.08 bits per heavy atom. The van der Waals surface area contributed by atoms with Crippen LogP contribution in [0.5, 0.6) is 0 Å². The van der Waals surface area contributed by atoms with Crippen molar-refractivity contribution in [3.05, 3.63) is 54.0 Å². The fourth-order valence-corrected chi connectivity index (χ4v) is 5.11. The number of halogens is 1. The molecule has 0 saturated carbocycles. The van der Waals surface area contributed by atoms with Crippen LogP contribution in [0.15, 0.2) is 47.5 Å². The van der Waals surface area contributed by atoms with E-state index in [1.54, 1.807) is 12.1 Å². The van der Waals surface area contributed by atoms with Gasteiger partial charge in [-0.05, 0) is 42.3 Å². The highest BCUT2D eigenvalue weighted by atomic mass is 32.2. The van der Waals surface area contributed by atoms with Gasteiger partial charge in [0.15, 0.2) is 0 Å². The van der Waals surface area contributed by atoms with Crippen molar-refractivity contribution < 1.29 is 12.8 Å². The van der Waals surface area contributed by atoms with E-state index in [0.29, 0.717) is 36.6 Å². The summed E-state index contributed by atoms with van der Waals surface area (Å²) in [4.78, 5) is 3.41. The molecule has 7 heteroatoms. The monoisotopic (exact) mass is 373 g/mol. The molecule has 26 heavy (non-hydrogen) atoms. The Labute approximate surface area is 151 Å². The van der Waals surface area contributed by atoms with Crippen molar-refractivity contribution in [3.8, 4) is 11.1 Å². The van der Waals surface area contributed by atoms with E-state index in [0.717, 1.165) is 22.0 Å². The Bertz CT molecular complexity index is 1070. The van der Waals surface area contributed by atoms with E-state index < -0.39 is 10.0 Å². The lowest BCUT2D eigenvalue weighted by Crippen LogP contribution is -2.46. The van der Waals surface area contributed by atoms with Gasteiger partial charge in [0, 0.05) is 48.8 Å². The highest BCUT2D eigenvalue weighted by molar-refractivity contribution is 7.89. The Morgan fingerprint density at radius 2 is 1.85 bits per heavy atom. The molecule has 2 N–H and O–H groups in total. The third kappa shape index (κ3) is 2.92. The van der Waals surface area contributed by atoms with E-state index in [1.165, 1.54) is 16.4 Å². The van der Waals surface area contributed by atoms with Crippen molar-refractivity contribution in [1.29, 1.82) is 0 Å². The molecule has 0 unspecified atom stereocenters. The molecule has 2 aromatic carbocycles. The SMILES string of the molecule is Cc1cc(-c2c[nH]c3cc(F)ccc23)ccc1S(=O)(=O)N1CCNCC1. The molecule has 0 atom stereocenters. The molecule has 1 aliphatic rings. The van der Waals surface area contributed by atoms with E-state index in [4.69, 9.17) is 0 Å². The second kappa shape index (κ2) is 6.50. The van der Waals surface area contributed by atoms with Crippen molar-refractivity contribution >= 4 is 20.9 Å². The Morgan fingerprint density at radius 3 is 2.58 bits per heavy atom. The quantitative estimate of drug-likeness (QED) is 0.742. The summed E-state index contributed by atoms with van der Waals surface area (Å²) < 4.78 is 40.7. The van der Waals surface area contributed by atoms with Gasteiger partial charge in [0.05, 0.1) is 4.90 Å². The van der Waals surface area contributed by atoms with E-state index >= 15 is 0 Å². The second-order valence-corrected chi connectivity index (χ2v) is 8.43. The summed E-state index contributed by atoms with van der Waals surface area (Å²) >= 11 is 0. The molecule has 2 heterocycles. The zero-order chi connectivity index (χ0) is 18.3. The minimum atomic E-state index is -3.49. The predicted molar refractivity (Wildman–Crippen MR) is 100 cm³/mol. The molecule has 5 nitrogen and oxygen atoms in total. The molecule has 1 aromatic heterocycles. The number of hydrogen-bond acceptors (Lipinski definition) is 3. The number of nitrogens with zero attached hydrogens (tertiary/aromatic N) is 1. The summed E-state index contributed by atoms with van der Waals surface area (Å²) in [5.41, 5.74) is 3.25. The third-order valence-electron chi connectivity index (χ3n) is 4.82. The summed E-state index contributed by atoms with van der Waals surface area (Å²) in [6.07, 6.45) is 1.82. The summed E-state index contributed by atoms with van der Waals surface area (Å²) in [6, 6.07) is 9.97. The lowest BCUT2D eigenvalue weighted by Gasteiger charge is -2.27. The van der Waals surface area contributed by atoms with Crippen LogP contribution in [0.3, 0.4) is 0 Å². The van der Waals surface area contributed by atoms with E-state index in [-0.39, 0.29) is 5.82 Å². The number of aryl methyl sites for hydroxylation is 1. The van der Waals surface area contributed by atoms with Crippen molar-refractivity contribution in [2.24, 2.45) is 0 Å². The van der Waals surface area contributed by atoms with Gasteiger partial charge in [0.1, 0.15) is 5.82 Å². The Hall–Kier alpha value is -2.22. The second-order valence-electron chi connectivity index (χ2n) is 6.53. The average molecular weight is 373 g/mol. The lowest BCUT2D eigenvalue weighted by molar-refractivity contribution is 0.360. The van der Waals surface area contributed by atoms with Gasteiger partial charge in [0.25, 0.3) is 0 Å². The molecular formula is C19H20FN3O2S. The fourth-order valence-electron chi connectivity index (χ4n) is 3.47. The van der Waals surface area contributed by atoms with Gasteiger partial charge >= 0.3 is 0 Å². The molecule has 0 amide bonds. The topological polar surface area (TPSA) is 65.2 Å². The average Bonchev–Trinajstić information content (AvgIpc) is 3.05. The van der Waals surface area contributed by atoms with Crippen LogP contribution in [0.25, 0.3) is 22.0 Å². The van der Waals surface area contributed by atoms with Crippen LogP contribution in [0.2, 0.25) is 0 Å². The van der Waals surface area contributed by atoms with Gasteiger partial charge in [-0.15, -0.1) is 0 Å². The van der Waals surface area contributed by atoms with Crippen LogP contribution < -0.4 is 5.32 Å². The van der Waals surface area contributed by atoms with Crippen molar-refractivity contribution in [1.82, 2.24) is 14.6 Å². The number of piperazine rings is 1. The van der Waals surface area contributed by atoms with Crippen molar-refractivity contribution in [2.45, 2.75) is 11.8 Å². The fraction of sp³-hybridized carbons (Fsp3) is 0.263. The minimum Gasteiger partial charge on any atom is -0.360 e. The number of hydrogen-bond donors (Lipinski definition) is 2. The first-order chi connectivity index (χ1) is 12.5. The van der Waals surface area contributed by atoms with Crippen LogP contribution >= 0.6 is 0 Å². The van der Waals surface area contributed by atoms with Gasteiger partial charge in [0.2, 0.25) is 10.0 Å². The van der Waals surface area contributed by atoms with E-state index in [9.17, 15) is 12.8 Å². The molecule has 1 aliphatic heterocycles. The number of nitrogens with one attached hydrogen (secondary N) is 2. The smallest absolute Gasteiger partial charge is 0.243 e. The van der Waals surface area contributed by atoms with Gasteiger partial charge in [-0.2, -0.15) is 4.31 Å². The standard InChI is InChI=1S/C19H20FN3O2S/c1-13-10-14(17-12-22-18-11-15(20)3-4-16(17)18)2-5-19(13)26(24,25)23-8-6-21-7-9-23/h2-5,10-12,21-22H,6-9H2,1H3. The molecule has 0 bridgehead atoms. The van der Waals surface area contributed by atoms with Gasteiger partial charge in [-0.1, -0.05) is 12.1 Å². The summed E-state index contributed by atoms with van der Waals surface area (Å²) in [5.74, 6) is -0.292. The summed E-state index contributed by atoms with van der Waals surface area (Å²) in [6.45, 7) is 4.12. The van der Waals surface area contributed by atoms with Crippen LogP contribution in [-0.4, -0.2) is 43.9 Å². The molecule has 0 spiro atoms. The molecule has 0 radical (unpaired) electrons. The van der Waals surface area contributed by atoms with E-state index in [2.05, 4.69) is 10.3 Å². The van der Waals surface area contributed by atoms with Crippen molar-refractivity contribution in [2.75, 3.05) is 26.2 Å². The molecule has 4 rings (SSSR count). The first-order valence-corrected chi connectivity index (χ1v) is 9.99. The summed E-state index contributed by atoms with van der Waals surface area (Å²) in [7, 11) is -3.49. The van der Waals surface area contributed by atoms with Crippen LogP contribution in [0, 0.1) is 12.7 Å². The first kappa shape index (κ1) is 17.2. The lowest BCUT2D eigenvalue weighted by atomic mass is 10.0.